The molecule has 120 valence electrons. The van der Waals surface area contributed by atoms with Crippen LogP contribution in [0.3, 0.4) is 0 Å². The summed E-state index contributed by atoms with van der Waals surface area (Å²) in [5.41, 5.74) is 6.79. The standard InChI is InChI=1S/C17H13FN4OS/c1-4-9-6-13(18)14(19)7-11(9)12-5-10-8-20-17(24-3)21-15(10)22(2)16(12)23/h1,5-8H,19H2,2-3H3. The van der Waals surface area contributed by atoms with Crippen molar-refractivity contribution in [1.29, 1.82) is 0 Å². The summed E-state index contributed by atoms with van der Waals surface area (Å²) in [5.74, 6) is 1.78. The molecule has 0 unspecified atom stereocenters. The van der Waals surface area contributed by atoms with Crippen LogP contribution >= 0.6 is 11.8 Å². The monoisotopic (exact) mass is 340 g/mol. The van der Waals surface area contributed by atoms with E-state index < -0.39 is 5.82 Å². The third-order valence-corrected chi connectivity index (χ3v) is 4.25. The molecule has 0 bridgehead atoms. The highest BCUT2D eigenvalue weighted by atomic mass is 32.2. The van der Waals surface area contributed by atoms with Gasteiger partial charge in [0.05, 0.1) is 5.69 Å². The number of anilines is 1. The van der Waals surface area contributed by atoms with E-state index in [1.165, 1.54) is 22.4 Å². The molecular weight excluding hydrogens is 327 g/mol. The molecule has 0 aliphatic heterocycles. The minimum absolute atomic E-state index is 0.0693. The molecule has 0 aliphatic carbocycles. The van der Waals surface area contributed by atoms with Crippen LogP contribution in [0, 0.1) is 18.2 Å². The number of benzene rings is 1. The summed E-state index contributed by atoms with van der Waals surface area (Å²) in [6, 6.07) is 4.18. The normalized spacial score (nSPS) is 10.8. The zero-order valence-corrected chi connectivity index (χ0v) is 13.8. The smallest absolute Gasteiger partial charge is 0.259 e. The van der Waals surface area contributed by atoms with Crippen LogP contribution in [0.15, 0.2) is 34.3 Å². The molecule has 24 heavy (non-hydrogen) atoms. The van der Waals surface area contributed by atoms with Gasteiger partial charge in [0.15, 0.2) is 5.16 Å². The number of fused-ring (bicyclic) bond motifs is 1. The molecule has 1 aromatic carbocycles. The van der Waals surface area contributed by atoms with Gasteiger partial charge in [0, 0.05) is 35.3 Å². The maximum atomic E-state index is 13.7. The maximum absolute atomic E-state index is 13.7. The van der Waals surface area contributed by atoms with Gasteiger partial charge in [-0.2, -0.15) is 0 Å². The van der Waals surface area contributed by atoms with Gasteiger partial charge in [-0.25, -0.2) is 14.4 Å². The third kappa shape index (κ3) is 2.51. The number of nitrogens with two attached hydrogens (primary N) is 1. The Labute approximate surface area is 141 Å². The van der Waals surface area contributed by atoms with Crippen LogP contribution in [-0.2, 0) is 7.05 Å². The van der Waals surface area contributed by atoms with Crippen LogP contribution < -0.4 is 11.3 Å². The number of pyridine rings is 1. The lowest BCUT2D eigenvalue weighted by Crippen LogP contribution is -2.20. The summed E-state index contributed by atoms with van der Waals surface area (Å²) in [6.07, 6.45) is 8.95. The minimum atomic E-state index is -0.614. The molecule has 0 amide bonds. The molecule has 2 N–H and O–H groups in total. The molecule has 7 heteroatoms. The van der Waals surface area contributed by atoms with Crippen molar-refractivity contribution >= 4 is 28.5 Å². The zero-order chi connectivity index (χ0) is 17.4. The van der Waals surface area contributed by atoms with Gasteiger partial charge in [-0.05, 0) is 24.5 Å². The first-order valence-corrected chi connectivity index (χ1v) is 8.15. The molecule has 2 aromatic heterocycles. The van der Waals surface area contributed by atoms with E-state index in [1.807, 2.05) is 6.26 Å². The number of hydrogen-bond acceptors (Lipinski definition) is 5. The Kier molecular flexibility index (Phi) is 3.99. The van der Waals surface area contributed by atoms with Crippen molar-refractivity contribution in [2.75, 3.05) is 12.0 Å². The van der Waals surface area contributed by atoms with Crippen molar-refractivity contribution in [3.63, 3.8) is 0 Å². The Balaban J connectivity index is 2.37. The van der Waals surface area contributed by atoms with Crippen molar-refractivity contribution in [3.8, 4) is 23.5 Å². The first-order chi connectivity index (χ1) is 11.5. The van der Waals surface area contributed by atoms with Gasteiger partial charge in [0.1, 0.15) is 11.5 Å². The van der Waals surface area contributed by atoms with Gasteiger partial charge in [-0.15, -0.1) is 6.42 Å². The Morgan fingerprint density at radius 1 is 1.33 bits per heavy atom. The molecular formula is C17H13FN4OS. The fourth-order valence-corrected chi connectivity index (χ4v) is 2.79. The number of aromatic nitrogens is 3. The molecule has 0 fully saturated rings. The van der Waals surface area contributed by atoms with Crippen LogP contribution in [0.1, 0.15) is 5.56 Å². The molecule has 0 spiro atoms. The van der Waals surface area contributed by atoms with Crippen molar-refractivity contribution < 1.29 is 4.39 Å². The lowest BCUT2D eigenvalue weighted by atomic mass is 9.99. The highest BCUT2D eigenvalue weighted by molar-refractivity contribution is 7.98. The largest absolute Gasteiger partial charge is 0.396 e. The number of nitrogens with zero attached hydrogens (tertiary/aromatic N) is 3. The lowest BCUT2D eigenvalue weighted by molar-refractivity contribution is 0.632. The van der Waals surface area contributed by atoms with E-state index in [0.29, 0.717) is 27.3 Å². The molecule has 0 saturated heterocycles. The summed E-state index contributed by atoms with van der Waals surface area (Å²) < 4.78 is 15.1. The van der Waals surface area contributed by atoms with E-state index >= 15 is 0 Å². The number of terminal acetylenes is 1. The highest BCUT2D eigenvalue weighted by Crippen LogP contribution is 2.27. The Bertz CT molecular complexity index is 1070. The number of thioether (sulfide) groups is 1. The summed E-state index contributed by atoms with van der Waals surface area (Å²) >= 11 is 1.39. The fraction of sp³-hybridized carbons (Fsp3) is 0.118. The fourth-order valence-electron chi connectivity index (χ4n) is 2.45. The van der Waals surface area contributed by atoms with Crippen LogP contribution in [-0.4, -0.2) is 20.8 Å². The van der Waals surface area contributed by atoms with Crippen LogP contribution in [0.25, 0.3) is 22.2 Å². The van der Waals surface area contributed by atoms with Crippen molar-refractivity contribution in [1.82, 2.24) is 14.5 Å². The number of rotatable bonds is 2. The molecule has 5 nitrogen and oxygen atoms in total. The summed E-state index contributed by atoms with van der Waals surface area (Å²) in [6.45, 7) is 0. The second-order valence-corrected chi connectivity index (χ2v) is 5.89. The van der Waals surface area contributed by atoms with Gasteiger partial charge in [0.25, 0.3) is 5.56 Å². The van der Waals surface area contributed by atoms with Crippen LogP contribution in [0.2, 0.25) is 0 Å². The molecule has 0 saturated carbocycles. The molecule has 0 aliphatic rings. The summed E-state index contributed by atoms with van der Waals surface area (Å²) in [5, 5.41) is 1.25. The van der Waals surface area contributed by atoms with Gasteiger partial charge in [0.2, 0.25) is 0 Å². The van der Waals surface area contributed by atoms with Crippen LogP contribution in [0.4, 0.5) is 10.1 Å². The second-order valence-electron chi connectivity index (χ2n) is 5.12. The van der Waals surface area contributed by atoms with E-state index in [2.05, 4.69) is 15.9 Å². The second kappa shape index (κ2) is 5.98. The number of nitrogen functional groups attached to an aromatic ring is 1. The Morgan fingerprint density at radius 3 is 2.75 bits per heavy atom. The number of halogens is 1. The number of aryl methyl sites for hydroxylation is 1. The van der Waals surface area contributed by atoms with Gasteiger partial charge < -0.3 is 5.73 Å². The molecule has 3 rings (SSSR count). The van der Waals surface area contributed by atoms with Crippen molar-refractivity contribution in [3.05, 3.63) is 46.1 Å². The highest BCUT2D eigenvalue weighted by Gasteiger charge is 2.15. The quantitative estimate of drug-likeness (QED) is 0.336. The van der Waals surface area contributed by atoms with Crippen molar-refractivity contribution in [2.45, 2.75) is 5.16 Å². The molecule has 0 atom stereocenters. The van der Waals surface area contributed by atoms with E-state index in [9.17, 15) is 9.18 Å². The van der Waals surface area contributed by atoms with Gasteiger partial charge in [-0.1, -0.05) is 17.7 Å². The molecule has 2 heterocycles. The van der Waals surface area contributed by atoms with Crippen LogP contribution in [0.5, 0.6) is 0 Å². The lowest BCUT2D eigenvalue weighted by Gasteiger charge is -2.11. The van der Waals surface area contributed by atoms with E-state index in [4.69, 9.17) is 12.2 Å². The van der Waals surface area contributed by atoms with E-state index in [1.54, 1.807) is 19.3 Å². The summed E-state index contributed by atoms with van der Waals surface area (Å²) in [7, 11) is 1.62. The predicted octanol–water partition coefficient (Wildman–Crippen LogP) is 2.42. The SMILES string of the molecule is C#Cc1cc(F)c(N)cc1-c1cc2cnc(SC)nc2n(C)c1=O. The zero-order valence-electron chi connectivity index (χ0n) is 13.0. The minimum Gasteiger partial charge on any atom is -0.396 e. The van der Waals surface area contributed by atoms with Gasteiger partial charge in [-0.3, -0.25) is 9.36 Å². The first-order valence-electron chi connectivity index (χ1n) is 6.93. The van der Waals surface area contributed by atoms with E-state index in [0.717, 1.165) is 6.07 Å². The average Bonchev–Trinajstić information content (AvgIpc) is 2.59. The Hall–Kier alpha value is -2.85. The maximum Gasteiger partial charge on any atom is 0.259 e. The summed E-state index contributed by atoms with van der Waals surface area (Å²) in [4.78, 5) is 21.3. The first kappa shape index (κ1) is 16.0. The number of hydrogen-bond donors (Lipinski definition) is 1. The molecule has 0 radical (unpaired) electrons. The third-order valence-electron chi connectivity index (χ3n) is 3.69. The Morgan fingerprint density at radius 2 is 2.08 bits per heavy atom. The topological polar surface area (TPSA) is 73.8 Å². The predicted molar refractivity (Wildman–Crippen MR) is 94.3 cm³/mol. The van der Waals surface area contributed by atoms with Crippen molar-refractivity contribution in [2.24, 2.45) is 7.05 Å². The van der Waals surface area contributed by atoms with E-state index in [-0.39, 0.29) is 16.8 Å². The van der Waals surface area contributed by atoms with Gasteiger partial charge >= 0.3 is 0 Å². The molecule has 3 aromatic rings. The average molecular weight is 340 g/mol.